The van der Waals surface area contributed by atoms with Crippen LogP contribution in [0.1, 0.15) is 26.3 Å². The summed E-state index contributed by atoms with van der Waals surface area (Å²) in [6.45, 7) is 3.34. The van der Waals surface area contributed by atoms with Crippen molar-refractivity contribution >= 4 is 29.1 Å². The largest absolute Gasteiger partial charge is 0.872 e. The van der Waals surface area contributed by atoms with Crippen LogP contribution in [0.3, 0.4) is 0 Å². The van der Waals surface area contributed by atoms with Crippen LogP contribution in [0.25, 0.3) is 5.76 Å². The number of imide groups is 1. The van der Waals surface area contributed by atoms with Crippen LogP contribution in [0.2, 0.25) is 0 Å². The van der Waals surface area contributed by atoms with E-state index in [1.807, 2.05) is 30.3 Å². The first-order chi connectivity index (χ1) is 13.0. The molecule has 0 atom stereocenters. The second-order valence-corrected chi connectivity index (χ2v) is 6.04. The van der Waals surface area contributed by atoms with Crippen molar-refractivity contribution < 1.29 is 23.7 Å². The molecule has 0 fully saturated rings. The molecule has 27 heavy (non-hydrogen) atoms. The van der Waals surface area contributed by atoms with E-state index in [4.69, 9.17) is 4.42 Å². The van der Waals surface area contributed by atoms with Crippen LogP contribution >= 0.6 is 0 Å². The van der Waals surface area contributed by atoms with Crippen LogP contribution in [-0.2, 0) is 4.42 Å². The van der Waals surface area contributed by atoms with Crippen molar-refractivity contribution in [3.05, 3.63) is 96.1 Å². The molecule has 2 amide bonds. The lowest BCUT2D eigenvalue weighted by Gasteiger charge is -2.08. The van der Waals surface area contributed by atoms with Crippen molar-refractivity contribution in [1.29, 1.82) is 0 Å². The van der Waals surface area contributed by atoms with Crippen molar-refractivity contribution in [1.82, 2.24) is 0 Å². The lowest BCUT2D eigenvalue weighted by molar-refractivity contribution is -0.364. The summed E-state index contributed by atoms with van der Waals surface area (Å²) >= 11 is 0. The average molecular weight is 356 g/mol. The molecule has 5 nitrogen and oxygen atoms in total. The van der Waals surface area contributed by atoms with Crippen LogP contribution in [0, 0.1) is 0 Å². The maximum Gasteiger partial charge on any atom is 0.429 e. The second kappa shape index (κ2) is 6.46. The van der Waals surface area contributed by atoms with Gasteiger partial charge in [-0.2, -0.15) is 0 Å². The molecule has 2 aromatic carbocycles. The number of benzene rings is 2. The van der Waals surface area contributed by atoms with E-state index in [0.29, 0.717) is 22.8 Å². The molecule has 2 aromatic rings. The minimum atomic E-state index is -0.463. The Morgan fingerprint density at radius 1 is 0.889 bits per heavy atom. The van der Waals surface area contributed by atoms with E-state index in [9.17, 15) is 14.7 Å². The van der Waals surface area contributed by atoms with Gasteiger partial charge in [0.05, 0.1) is 0 Å². The Balaban J connectivity index is 1.69. The van der Waals surface area contributed by atoms with Gasteiger partial charge in [0.2, 0.25) is 5.71 Å². The monoisotopic (exact) mass is 356 g/mol. The lowest BCUT2D eigenvalue weighted by atomic mass is 10.1. The summed E-state index contributed by atoms with van der Waals surface area (Å²) in [5.74, 6) is -0.00798. The molecule has 0 aromatic heterocycles. The molecule has 1 aliphatic heterocycles. The van der Waals surface area contributed by atoms with Crippen molar-refractivity contribution in [2.75, 3.05) is 0 Å². The van der Waals surface area contributed by atoms with E-state index in [-0.39, 0.29) is 11.1 Å². The number of hydrogen-bond donors (Lipinski definition) is 0. The molecule has 0 spiro atoms. The highest BCUT2D eigenvalue weighted by molar-refractivity contribution is 6.22. The van der Waals surface area contributed by atoms with Gasteiger partial charge in [0.1, 0.15) is 11.1 Å². The van der Waals surface area contributed by atoms with Crippen LogP contribution in [0.5, 0.6) is 5.75 Å². The normalized spacial score (nSPS) is 15.3. The summed E-state index contributed by atoms with van der Waals surface area (Å²) in [6, 6.07) is 13.7. The first kappa shape index (κ1) is 16.6. The zero-order valence-electron chi connectivity index (χ0n) is 14.2. The molecule has 0 N–H and O–H groups in total. The van der Waals surface area contributed by atoms with E-state index < -0.39 is 17.6 Å². The second-order valence-electron chi connectivity index (χ2n) is 6.04. The number of amides is 2. The zero-order chi connectivity index (χ0) is 19.0. The van der Waals surface area contributed by atoms with Gasteiger partial charge in [0, 0.05) is 36.4 Å². The van der Waals surface area contributed by atoms with Crippen LogP contribution in [0.4, 0.5) is 0 Å². The molecule has 5 heteroatoms. The van der Waals surface area contributed by atoms with Gasteiger partial charge in [-0.15, -0.1) is 12.3 Å². The average Bonchev–Trinajstić information content (AvgIpc) is 2.93. The molecule has 0 saturated carbocycles. The third kappa shape index (κ3) is 2.95. The molecule has 4 rings (SSSR count). The third-order valence-corrected chi connectivity index (χ3v) is 4.28. The fourth-order valence-corrected chi connectivity index (χ4v) is 2.94. The number of nitrogens with zero attached hydrogens (tertiary/aromatic N) is 1. The first-order valence-electron chi connectivity index (χ1n) is 8.27. The van der Waals surface area contributed by atoms with Gasteiger partial charge in [0.25, 0.3) is 0 Å². The maximum atomic E-state index is 12.7. The summed E-state index contributed by atoms with van der Waals surface area (Å²) < 4.78 is 6.81. The Labute approximate surface area is 155 Å². The SMILES string of the molecule is C=C([O-])c1ccc2c(c1)C(=O)[N+](=C1C=CC(=[O+]c3ccccc3)C=C1)C2=O. The van der Waals surface area contributed by atoms with Crippen LogP contribution < -0.4 is 5.11 Å². The number of carbonyl (C=O) groups is 2. The Hall–Kier alpha value is -3.86. The third-order valence-electron chi connectivity index (χ3n) is 4.28. The minimum absolute atomic E-state index is 0.208. The number of rotatable bonds is 2. The summed E-state index contributed by atoms with van der Waals surface area (Å²) in [5.41, 5.74) is 1.21. The Morgan fingerprint density at radius 3 is 2.22 bits per heavy atom. The van der Waals surface area contributed by atoms with Gasteiger partial charge >= 0.3 is 23.3 Å². The quantitative estimate of drug-likeness (QED) is 0.273. The van der Waals surface area contributed by atoms with Crippen molar-refractivity contribution in [2.24, 2.45) is 0 Å². The van der Waals surface area contributed by atoms with Gasteiger partial charge in [-0.25, -0.2) is 14.0 Å². The summed E-state index contributed by atoms with van der Waals surface area (Å²) in [5, 5.41) is 11.4. The number of allylic oxidation sites excluding steroid dienone is 4. The molecular weight excluding hydrogens is 342 g/mol. The lowest BCUT2D eigenvalue weighted by Crippen LogP contribution is -2.26. The molecule has 1 aliphatic carbocycles. The highest BCUT2D eigenvalue weighted by atomic mass is 16.4. The minimum Gasteiger partial charge on any atom is -0.872 e. The van der Waals surface area contributed by atoms with Gasteiger partial charge in [-0.3, -0.25) is 0 Å². The Kier molecular flexibility index (Phi) is 3.97. The number of fused-ring (bicyclic) bond motifs is 1. The van der Waals surface area contributed by atoms with Crippen LogP contribution in [-0.4, -0.2) is 27.9 Å². The Bertz CT molecular complexity index is 1100. The van der Waals surface area contributed by atoms with Crippen molar-refractivity contribution in [2.45, 2.75) is 0 Å². The van der Waals surface area contributed by atoms with Gasteiger partial charge < -0.3 is 5.11 Å². The summed E-state index contributed by atoms with van der Waals surface area (Å²) in [6.07, 6.45) is 6.67. The molecular formula is C22H14NO4+. The number of ketones is 1. The van der Waals surface area contributed by atoms with Gasteiger partial charge in [-0.05, 0) is 17.7 Å². The van der Waals surface area contributed by atoms with E-state index in [1.165, 1.54) is 18.2 Å². The predicted octanol–water partition coefficient (Wildman–Crippen LogP) is 2.41. The molecule has 0 unspecified atom stereocenters. The molecule has 0 saturated heterocycles. The van der Waals surface area contributed by atoms with Crippen LogP contribution in [0.15, 0.2) is 79.4 Å². The van der Waals surface area contributed by atoms with E-state index >= 15 is 0 Å². The number of hydrogen-bond acceptors (Lipinski definition) is 3. The predicted molar refractivity (Wildman–Crippen MR) is 98.6 cm³/mol. The zero-order valence-corrected chi connectivity index (χ0v) is 14.2. The smallest absolute Gasteiger partial charge is 0.429 e. The van der Waals surface area contributed by atoms with Crippen molar-refractivity contribution in [3.63, 3.8) is 0 Å². The topological polar surface area (TPSA) is 71.5 Å². The first-order valence-corrected chi connectivity index (χ1v) is 8.27. The van der Waals surface area contributed by atoms with Gasteiger partial charge in [-0.1, -0.05) is 28.8 Å². The molecule has 2 aliphatic rings. The van der Waals surface area contributed by atoms with Crippen molar-refractivity contribution in [3.8, 4) is 5.75 Å². The highest BCUT2D eigenvalue weighted by Gasteiger charge is 2.44. The van der Waals surface area contributed by atoms with E-state index in [2.05, 4.69) is 6.58 Å². The highest BCUT2D eigenvalue weighted by Crippen LogP contribution is 2.23. The molecule has 0 radical (unpaired) electrons. The van der Waals surface area contributed by atoms with E-state index in [0.717, 1.165) is 4.58 Å². The fraction of sp³-hybridized carbons (Fsp3) is 0. The molecule has 130 valence electrons. The Morgan fingerprint density at radius 2 is 1.56 bits per heavy atom. The van der Waals surface area contributed by atoms with E-state index in [1.54, 1.807) is 24.3 Å². The fourth-order valence-electron chi connectivity index (χ4n) is 2.94. The summed E-state index contributed by atoms with van der Waals surface area (Å²) in [4.78, 5) is 25.3. The summed E-state index contributed by atoms with van der Waals surface area (Å²) in [7, 11) is 0. The number of carbonyl (C=O) groups excluding carboxylic acids is 3. The number of para-hydroxylation sites is 1. The maximum absolute atomic E-state index is 12.7. The molecule has 0 bridgehead atoms. The standard InChI is InChI=1S/C22H14NO4/c1-14(24)15-7-12-19-20(13-15)22(26)23(21(19)25)16-8-10-18(11-9-16)27-17-5-3-2-4-6-17/h2-13H,1H2/q+1. The molecule has 1 heterocycles. The van der Waals surface area contributed by atoms with Gasteiger partial charge in [0.15, 0.2) is 0 Å².